The smallest absolute Gasteiger partial charge is 0.336 e. The topological polar surface area (TPSA) is 107 Å². The quantitative estimate of drug-likeness (QED) is 0.563. The van der Waals surface area contributed by atoms with E-state index < -0.39 is 37.0 Å². The first-order valence-corrected chi connectivity index (χ1v) is 8.67. The summed E-state index contributed by atoms with van der Waals surface area (Å²) >= 11 is 0. The first-order valence-electron chi connectivity index (χ1n) is 5.01. The molecule has 1 aliphatic heterocycles. The second-order valence-corrected chi connectivity index (χ2v) is 8.37. The molecule has 0 bridgehead atoms. The molecular formula is C8H15NO7S2. The van der Waals surface area contributed by atoms with Gasteiger partial charge in [0.1, 0.15) is 0 Å². The number of sulfonamides is 1. The maximum atomic E-state index is 11.8. The summed E-state index contributed by atoms with van der Waals surface area (Å²) in [5.41, 5.74) is 0. The maximum absolute atomic E-state index is 11.8. The molecule has 1 aliphatic rings. The van der Waals surface area contributed by atoms with E-state index >= 15 is 0 Å². The van der Waals surface area contributed by atoms with E-state index in [0.29, 0.717) is 0 Å². The average Bonchev–Trinajstić information content (AvgIpc) is 2.25. The predicted molar refractivity (Wildman–Crippen MR) is 62.0 cm³/mol. The molecule has 1 unspecified atom stereocenters. The third-order valence-corrected chi connectivity index (χ3v) is 6.27. The molecule has 0 radical (unpaired) electrons. The van der Waals surface area contributed by atoms with Crippen molar-refractivity contribution in [3.8, 4) is 0 Å². The van der Waals surface area contributed by atoms with Crippen molar-refractivity contribution < 1.29 is 31.1 Å². The Hall–Kier alpha value is -0.710. The molecule has 18 heavy (non-hydrogen) atoms. The van der Waals surface area contributed by atoms with Crippen molar-refractivity contribution in [3.63, 3.8) is 0 Å². The molecular weight excluding hydrogens is 286 g/mol. The number of ether oxygens (including phenoxy) is 2. The summed E-state index contributed by atoms with van der Waals surface area (Å²) in [5, 5.41) is -0.978. The molecule has 0 aromatic rings. The number of hydrogen-bond donors (Lipinski definition) is 0. The van der Waals surface area contributed by atoms with Crippen LogP contribution < -0.4 is 0 Å². The zero-order chi connectivity index (χ0) is 14.0. The molecule has 8 nitrogen and oxygen atoms in total. The van der Waals surface area contributed by atoms with Crippen LogP contribution in [-0.2, 0) is 34.1 Å². The van der Waals surface area contributed by atoms with E-state index in [9.17, 15) is 21.6 Å². The Morgan fingerprint density at radius 1 is 1.39 bits per heavy atom. The van der Waals surface area contributed by atoms with Crippen LogP contribution in [0.15, 0.2) is 0 Å². The van der Waals surface area contributed by atoms with Gasteiger partial charge >= 0.3 is 5.97 Å². The van der Waals surface area contributed by atoms with Gasteiger partial charge in [0.05, 0.1) is 20.3 Å². The average molecular weight is 301 g/mol. The van der Waals surface area contributed by atoms with Gasteiger partial charge in [-0.1, -0.05) is 0 Å². The van der Waals surface area contributed by atoms with Gasteiger partial charge in [-0.25, -0.2) is 21.6 Å². The van der Waals surface area contributed by atoms with E-state index in [1.165, 1.54) is 0 Å². The van der Waals surface area contributed by atoms with E-state index in [1.54, 1.807) is 0 Å². The Bertz CT molecular complexity index is 510. The standard InChI is InChI=1S/C8H15NO7S2/c1-15-8(10)7-5-9(3-4-16-7)18(13,14)6-17(2,11)12/h7H,3-6H2,1-2H3. The first-order chi connectivity index (χ1) is 8.15. The molecule has 0 N–H and O–H groups in total. The Kier molecular flexibility index (Phi) is 4.70. The zero-order valence-corrected chi connectivity index (χ0v) is 11.7. The molecule has 1 heterocycles. The normalized spacial score (nSPS) is 22.7. The van der Waals surface area contributed by atoms with Crippen LogP contribution >= 0.6 is 0 Å². The number of carbonyl (C=O) groups excluding carboxylic acids is 1. The van der Waals surface area contributed by atoms with Gasteiger partial charge in [-0.15, -0.1) is 0 Å². The van der Waals surface area contributed by atoms with Crippen molar-refractivity contribution in [2.75, 3.05) is 38.1 Å². The van der Waals surface area contributed by atoms with Crippen molar-refractivity contribution in [2.45, 2.75) is 6.10 Å². The minimum atomic E-state index is -3.96. The summed E-state index contributed by atoms with van der Waals surface area (Å²) in [6.07, 6.45) is -0.180. The summed E-state index contributed by atoms with van der Waals surface area (Å²) < 4.78 is 56.1. The Balaban J connectivity index is 2.81. The molecule has 106 valence electrons. The van der Waals surface area contributed by atoms with Gasteiger partial charge in [0.25, 0.3) is 0 Å². The lowest BCUT2D eigenvalue weighted by molar-refractivity contribution is -0.157. The van der Waals surface area contributed by atoms with Gasteiger partial charge in [0.15, 0.2) is 21.0 Å². The van der Waals surface area contributed by atoms with Gasteiger partial charge in [-0.05, 0) is 0 Å². The van der Waals surface area contributed by atoms with Crippen LogP contribution in [0.5, 0.6) is 0 Å². The highest BCUT2D eigenvalue weighted by molar-refractivity contribution is 8.06. The van der Waals surface area contributed by atoms with Gasteiger partial charge in [-0.3, -0.25) is 0 Å². The second-order valence-electron chi connectivity index (χ2n) is 3.90. The van der Waals surface area contributed by atoms with Crippen LogP contribution in [0, 0.1) is 0 Å². The minimum absolute atomic E-state index is 0.0166. The number of esters is 1. The minimum Gasteiger partial charge on any atom is -0.467 e. The maximum Gasteiger partial charge on any atom is 0.336 e. The van der Waals surface area contributed by atoms with E-state index in [0.717, 1.165) is 17.7 Å². The fraction of sp³-hybridized carbons (Fsp3) is 0.875. The van der Waals surface area contributed by atoms with E-state index in [1.807, 2.05) is 0 Å². The van der Waals surface area contributed by atoms with E-state index in [4.69, 9.17) is 4.74 Å². The lowest BCUT2D eigenvalue weighted by Crippen LogP contribution is -2.50. The lowest BCUT2D eigenvalue weighted by atomic mass is 10.3. The van der Waals surface area contributed by atoms with Crippen molar-refractivity contribution in [1.29, 1.82) is 0 Å². The van der Waals surface area contributed by atoms with Crippen LogP contribution in [0.2, 0.25) is 0 Å². The lowest BCUT2D eigenvalue weighted by Gasteiger charge is -2.30. The fourth-order valence-corrected chi connectivity index (χ4v) is 4.97. The Morgan fingerprint density at radius 2 is 2.00 bits per heavy atom. The molecule has 0 aliphatic carbocycles. The monoisotopic (exact) mass is 301 g/mol. The number of hydrogen-bond acceptors (Lipinski definition) is 7. The molecule has 10 heteroatoms. The van der Waals surface area contributed by atoms with Crippen LogP contribution in [0.25, 0.3) is 0 Å². The van der Waals surface area contributed by atoms with Gasteiger partial charge in [-0.2, -0.15) is 4.31 Å². The zero-order valence-electron chi connectivity index (χ0n) is 10.0. The highest BCUT2D eigenvalue weighted by Crippen LogP contribution is 2.12. The molecule has 0 amide bonds. The van der Waals surface area contributed by atoms with Crippen LogP contribution in [0.4, 0.5) is 0 Å². The van der Waals surface area contributed by atoms with E-state index in [2.05, 4.69) is 4.74 Å². The summed E-state index contributed by atoms with van der Waals surface area (Å²) in [5.74, 6) is -0.686. The van der Waals surface area contributed by atoms with Crippen molar-refractivity contribution in [2.24, 2.45) is 0 Å². The summed E-state index contributed by atoms with van der Waals surface area (Å²) in [6, 6.07) is 0. The largest absolute Gasteiger partial charge is 0.467 e. The number of sulfone groups is 1. The molecule has 1 rings (SSSR count). The SMILES string of the molecule is COC(=O)C1CN(S(=O)(=O)CS(C)(=O)=O)CCO1. The first kappa shape index (κ1) is 15.3. The van der Waals surface area contributed by atoms with Crippen LogP contribution in [0.1, 0.15) is 0 Å². The van der Waals surface area contributed by atoms with E-state index in [-0.39, 0.29) is 19.7 Å². The summed E-state index contributed by atoms with van der Waals surface area (Å²) in [7, 11) is -6.46. The summed E-state index contributed by atoms with van der Waals surface area (Å²) in [4.78, 5) is 11.2. The number of methoxy groups -OCH3 is 1. The molecule has 0 aromatic heterocycles. The number of carbonyl (C=O) groups is 1. The highest BCUT2D eigenvalue weighted by atomic mass is 32.3. The molecule has 0 spiro atoms. The molecule has 1 saturated heterocycles. The van der Waals surface area contributed by atoms with Gasteiger partial charge in [0.2, 0.25) is 10.0 Å². The molecule has 1 atom stereocenters. The second kappa shape index (κ2) is 5.51. The van der Waals surface area contributed by atoms with Crippen molar-refractivity contribution in [3.05, 3.63) is 0 Å². The third kappa shape index (κ3) is 4.19. The molecule has 1 fully saturated rings. The summed E-state index contributed by atoms with van der Waals surface area (Å²) in [6.45, 7) is -0.196. The predicted octanol–water partition coefficient (Wildman–Crippen LogP) is -1.81. The Labute approximate surface area is 106 Å². The van der Waals surface area contributed by atoms with Crippen LogP contribution in [0.3, 0.4) is 0 Å². The number of rotatable bonds is 4. The van der Waals surface area contributed by atoms with Gasteiger partial charge in [0, 0.05) is 12.8 Å². The van der Waals surface area contributed by atoms with Crippen LogP contribution in [-0.4, -0.2) is 71.4 Å². The number of nitrogens with zero attached hydrogens (tertiary/aromatic N) is 1. The Morgan fingerprint density at radius 3 is 2.50 bits per heavy atom. The molecule has 0 saturated carbocycles. The number of morpholine rings is 1. The highest BCUT2D eigenvalue weighted by Gasteiger charge is 2.35. The van der Waals surface area contributed by atoms with Crippen molar-refractivity contribution in [1.82, 2.24) is 4.31 Å². The fourth-order valence-electron chi connectivity index (χ4n) is 1.50. The third-order valence-electron chi connectivity index (χ3n) is 2.25. The molecule has 0 aromatic carbocycles. The van der Waals surface area contributed by atoms with Gasteiger partial charge < -0.3 is 9.47 Å². The van der Waals surface area contributed by atoms with Crippen molar-refractivity contribution >= 4 is 25.8 Å².